The van der Waals surface area contributed by atoms with Crippen molar-refractivity contribution in [2.45, 2.75) is 13.3 Å². The van der Waals surface area contributed by atoms with Gasteiger partial charge in [-0.3, -0.25) is 0 Å². The molecule has 78 valence electrons. The van der Waals surface area contributed by atoms with Crippen LogP contribution in [-0.4, -0.2) is 26.8 Å². The molecule has 0 aromatic heterocycles. The SMILES string of the molecule is CNCCOCCc1ccc(C)cc1. The molecule has 14 heavy (non-hydrogen) atoms. The van der Waals surface area contributed by atoms with Gasteiger partial charge in [0.05, 0.1) is 13.2 Å². The minimum atomic E-state index is 0.794. The number of hydrogen-bond donors (Lipinski definition) is 1. The van der Waals surface area contributed by atoms with Gasteiger partial charge in [0.15, 0.2) is 0 Å². The Morgan fingerprint density at radius 2 is 1.86 bits per heavy atom. The van der Waals surface area contributed by atoms with Crippen molar-refractivity contribution in [2.75, 3.05) is 26.8 Å². The monoisotopic (exact) mass is 193 g/mol. The summed E-state index contributed by atoms with van der Waals surface area (Å²) in [5, 5.41) is 3.05. The van der Waals surface area contributed by atoms with Gasteiger partial charge in [0, 0.05) is 6.54 Å². The van der Waals surface area contributed by atoms with Crippen molar-refractivity contribution in [3.8, 4) is 0 Å². The molecule has 2 heteroatoms. The summed E-state index contributed by atoms with van der Waals surface area (Å²) in [6.07, 6.45) is 1.00. The number of benzene rings is 1. The van der Waals surface area contributed by atoms with E-state index in [1.54, 1.807) is 0 Å². The third kappa shape index (κ3) is 4.40. The Morgan fingerprint density at radius 3 is 2.50 bits per heavy atom. The zero-order valence-electron chi connectivity index (χ0n) is 9.05. The molecule has 2 nitrogen and oxygen atoms in total. The van der Waals surface area contributed by atoms with Gasteiger partial charge in [0.2, 0.25) is 0 Å². The fourth-order valence-corrected chi connectivity index (χ4v) is 1.22. The molecular formula is C12H19NO. The van der Waals surface area contributed by atoms with Crippen LogP contribution in [0.5, 0.6) is 0 Å². The van der Waals surface area contributed by atoms with Crippen LogP contribution in [0.2, 0.25) is 0 Å². The lowest BCUT2D eigenvalue weighted by atomic mass is 10.1. The van der Waals surface area contributed by atoms with Crippen LogP contribution in [0.3, 0.4) is 0 Å². The lowest BCUT2D eigenvalue weighted by Crippen LogP contribution is -2.15. The first-order chi connectivity index (χ1) is 6.83. The highest BCUT2D eigenvalue weighted by Gasteiger charge is 1.92. The number of aryl methyl sites for hydroxylation is 1. The summed E-state index contributed by atoms with van der Waals surface area (Å²) >= 11 is 0. The largest absolute Gasteiger partial charge is 0.380 e. The smallest absolute Gasteiger partial charge is 0.0590 e. The second-order valence-electron chi connectivity index (χ2n) is 3.45. The first-order valence-electron chi connectivity index (χ1n) is 5.11. The molecule has 0 heterocycles. The molecule has 0 aliphatic rings. The van der Waals surface area contributed by atoms with Crippen LogP contribution in [0.4, 0.5) is 0 Å². The number of rotatable bonds is 6. The van der Waals surface area contributed by atoms with Crippen LogP contribution in [0, 0.1) is 6.92 Å². The third-order valence-corrected chi connectivity index (χ3v) is 2.15. The molecule has 0 aliphatic carbocycles. The lowest BCUT2D eigenvalue weighted by Gasteiger charge is -2.04. The van der Waals surface area contributed by atoms with Crippen LogP contribution in [0.15, 0.2) is 24.3 Å². The van der Waals surface area contributed by atoms with Crippen molar-refractivity contribution in [3.63, 3.8) is 0 Å². The maximum Gasteiger partial charge on any atom is 0.0590 e. The molecule has 1 N–H and O–H groups in total. The van der Waals surface area contributed by atoms with Gasteiger partial charge in [-0.1, -0.05) is 29.8 Å². The first kappa shape index (κ1) is 11.2. The second kappa shape index (κ2) is 6.57. The Hall–Kier alpha value is -0.860. The standard InChI is InChI=1S/C12H19NO/c1-11-3-5-12(6-4-11)7-9-14-10-8-13-2/h3-6,13H,7-10H2,1-2H3. The molecular weight excluding hydrogens is 174 g/mol. The van der Waals surface area contributed by atoms with Crippen LogP contribution < -0.4 is 5.32 Å². The Morgan fingerprint density at radius 1 is 1.14 bits per heavy atom. The van der Waals surface area contributed by atoms with E-state index in [1.807, 2.05) is 7.05 Å². The molecule has 1 aromatic rings. The Kier molecular flexibility index (Phi) is 5.27. The van der Waals surface area contributed by atoms with Gasteiger partial charge in [-0.15, -0.1) is 0 Å². The van der Waals surface area contributed by atoms with Gasteiger partial charge < -0.3 is 10.1 Å². The van der Waals surface area contributed by atoms with Crippen LogP contribution in [0.25, 0.3) is 0 Å². The summed E-state index contributed by atoms with van der Waals surface area (Å²) in [5.74, 6) is 0. The number of hydrogen-bond acceptors (Lipinski definition) is 2. The Balaban J connectivity index is 2.15. The van der Waals surface area contributed by atoms with E-state index < -0.39 is 0 Å². The highest BCUT2D eigenvalue weighted by Crippen LogP contribution is 2.03. The fraction of sp³-hybridized carbons (Fsp3) is 0.500. The molecule has 0 bridgehead atoms. The minimum Gasteiger partial charge on any atom is -0.380 e. The molecule has 0 saturated carbocycles. The van der Waals surface area contributed by atoms with E-state index in [2.05, 4.69) is 36.5 Å². The molecule has 0 unspecified atom stereocenters. The summed E-state index contributed by atoms with van der Waals surface area (Å²) < 4.78 is 5.45. The summed E-state index contributed by atoms with van der Waals surface area (Å²) in [7, 11) is 1.93. The molecule has 0 amide bonds. The number of likely N-dealkylation sites (N-methyl/N-ethyl adjacent to an activating group) is 1. The summed E-state index contributed by atoms with van der Waals surface area (Å²) in [4.78, 5) is 0. The zero-order valence-corrected chi connectivity index (χ0v) is 9.05. The van der Waals surface area contributed by atoms with Gasteiger partial charge in [0.1, 0.15) is 0 Å². The van der Waals surface area contributed by atoms with Crippen molar-refractivity contribution in [1.82, 2.24) is 5.32 Å². The second-order valence-corrected chi connectivity index (χ2v) is 3.45. The van der Waals surface area contributed by atoms with Gasteiger partial charge in [-0.25, -0.2) is 0 Å². The molecule has 0 fully saturated rings. The average Bonchev–Trinajstić information content (AvgIpc) is 2.21. The summed E-state index contributed by atoms with van der Waals surface area (Å²) in [5.41, 5.74) is 2.66. The first-order valence-corrected chi connectivity index (χ1v) is 5.11. The highest BCUT2D eigenvalue weighted by atomic mass is 16.5. The molecule has 0 spiro atoms. The highest BCUT2D eigenvalue weighted by molar-refractivity contribution is 5.21. The molecule has 1 aromatic carbocycles. The Bertz CT molecular complexity index is 243. The third-order valence-electron chi connectivity index (χ3n) is 2.15. The number of nitrogens with one attached hydrogen (secondary N) is 1. The quantitative estimate of drug-likeness (QED) is 0.695. The van der Waals surface area contributed by atoms with Crippen LogP contribution in [0.1, 0.15) is 11.1 Å². The predicted molar refractivity (Wildman–Crippen MR) is 59.6 cm³/mol. The number of ether oxygens (including phenoxy) is 1. The maximum absolute atomic E-state index is 5.45. The van der Waals surface area contributed by atoms with Gasteiger partial charge >= 0.3 is 0 Å². The van der Waals surface area contributed by atoms with Crippen molar-refractivity contribution in [1.29, 1.82) is 0 Å². The van der Waals surface area contributed by atoms with E-state index >= 15 is 0 Å². The molecule has 0 radical (unpaired) electrons. The van der Waals surface area contributed by atoms with E-state index in [-0.39, 0.29) is 0 Å². The van der Waals surface area contributed by atoms with Crippen molar-refractivity contribution >= 4 is 0 Å². The molecule has 0 atom stereocenters. The van der Waals surface area contributed by atoms with Crippen molar-refractivity contribution in [3.05, 3.63) is 35.4 Å². The molecule has 0 aliphatic heterocycles. The van der Waals surface area contributed by atoms with E-state index in [1.165, 1.54) is 11.1 Å². The normalized spacial score (nSPS) is 10.4. The van der Waals surface area contributed by atoms with E-state index in [9.17, 15) is 0 Å². The topological polar surface area (TPSA) is 21.3 Å². The zero-order chi connectivity index (χ0) is 10.2. The van der Waals surface area contributed by atoms with E-state index in [0.717, 1.165) is 26.2 Å². The van der Waals surface area contributed by atoms with Gasteiger partial charge in [-0.2, -0.15) is 0 Å². The molecule has 1 rings (SSSR count). The fourth-order valence-electron chi connectivity index (χ4n) is 1.22. The van der Waals surface area contributed by atoms with Gasteiger partial charge in [-0.05, 0) is 26.0 Å². The molecule has 0 saturated heterocycles. The maximum atomic E-state index is 5.45. The summed E-state index contributed by atoms with van der Waals surface area (Å²) in [6, 6.07) is 8.61. The van der Waals surface area contributed by atoms with Crippen molar-refractivity contribution in [2.24, 2.45) is 0 Å². The van der Waals surface area contributed by atoms with Crippen LogP contribution in [-0.2, 0) is 11.2 Å². The van der Waals surface area contributed by atoms with Gasteiger partial charge in [0.25, 0.3) is 0 Å². The summed E-state index contributed by atoms with van der Waals surface area (Å²) in [6.45, 7) is 4.63. The minimum absolute atomic E-state index is 0.794. The Labute approximate surface area is 86.3 Å². The van der Waals surface area contributed by atoms with E-state index in [4.69, 9.17) is 4.74 Å². The van der Waals surface area contributed by atoms with Crippen LogP contribution >= 0.6 is 0 Å². The lowest BCUT2D eigenvalue weighted by molar-refractivity contribution is 0.140. The average molecular weight is 193 g/mol. The van der Waals surface area contributed by atoms with Crippen molar-refractivity contribution < 1.29 is 4.74 Å². The van der Waals surface area contributed by atoms with E-state index in [0.29, 0.717) is 0 Å². The predicted octanol–water partition coefficient (Wildman–Crippen LogP) is 1.77.